The number of hydrogen-bond acceptors (Lipinski definition) is 6. The van der Waals surface area contributed by atoms with Crippen molar-refractivity contribution in [2.45, 2.75) is 13.8 Å². The molecule has 0 aliphatic heterocycles. The largest absolute Gasteiger partial charge is 0.490 e. The fourth-order valence-electron chi connectivity index (χ4n) is 2.41. The van der Waals surface area contributed by atoms with Gasteiger partial charge in [-0.25, -0.2) is 9.97 Å². The summed E-state index contributed by atoms with van der Waals surface area (Å²) < 4.78 is 11.1. The Hall–Kier alpha value is -2.67. The molecular formula is C18H24N4O3. The number of rotatable bonds is 7. The number of nitrogens with zero attached hydrogens (tertiary/aromatic N) is 3. The van der Waals surface area contributed by atoms with Crippen molar-refractivity contribution < 1.29 is 14.3 Å². The SMILES string of the molecule is CCOCCOc1ccccc1-c1nc(N)nc(C)c1C(=O)N(C)C. The van der Waals surface area contributed by atoms with Crippen molar-refractivity contribution >= 4 is 11.9 Å². The molecule has 0 spiro atoms. The Labute approximate surface area is 147 Å². The van der Waals surface area contributed by atoms with E-state index < -0.39 is 0 Å². The molecule has 0 radical (unpaired) electrons. The molecule has 0 aliphatic carbocycles. The van der Waals surface area contributed by atoms with Gasteiger partial charge in [-0.1, -0.05) is 12.1 Å². The number of anilines is 1. The molecule has 2 aromatic rings. The van der Waals surface area contributed by atoms with E-state index in [-0.39, 0.29) is 11.9 Å². The summed E-state index contributed by atoms with van der Waals surface area (Å²) in [6.07, 6.45) is 0. The zero-order valence-corrected chi connectivity index (χ0v) is 15.1. The topological polar surface area (TPSA) is 90.6 Å². The molecule has 0 aliphatic rings. The predicted molar refractivity (Wildman–Crippen MR) is 96.6 cm³/mol. The van der Waals surface area contributed by atoms with E-state index in [1.807, 2.05) is 31.2 Å². The van der Waals surface area contributed by atoms with Gasteiger partial charge < -0.3 is 20.1 Å². The van der Waals surface area contributed by atoms with Crippen LogP contribution < -0.4 is 10.5 Å². The van der Waals surface area contributed by atoms with Crippen LogP contribution in [0, 0.1) is 6.92 Å². The molecule has 7 nitrogen and oxygen atoms in total. The predicted octanol–water partition coefficient (Wildman–Crippen LogP) is 2.15. The Morgan fingerprint density at radius 1 is 1.20 bits per heavy atom. The summed E-state index contributed by atoms with van der Waals surface area (Å²) in [5.74, 6) is 0.552. The fourth-order valence-corrected chi connectivity index (χ4v) is 2.41. The lowest BCUT2D eigenvalue weighted by Crippen LogP contribution is -2.24. The zero-order chi connectivity index (χ0) is 18.4. The maximum Gasteiger partial charge on any atom is 0.257 e. The zero-order valence-electron chi connectivity index (χ0n) is 15.1. The molecule has 1 amide bonds. The van der Waals surface area contributed by atoms with Crippen molar-refractivity contribution in [3.63, 3.8) is 0 Å². The second kappa shape index (κ2) is 8.43. The smallest absolute Gasteiger partial charge is 0.257 e. The van der Waals surface area contributed by atoms with E-state index >= 15 is 0 Å². The number of nitrogen functional groups attached to an aromatic ring is 1. The maximum atomic E-state index is 12.6. The lowest BCUT2D eigenvalue weighted by molar-refractivity contribution is 0.0827. The number of hydrogen-bond donors (Lipinski definition) is 1. The van der Waals surface area contributed by atoms with Gasteiger partial charge in [0.25, 0.3) is 5.91 Å². The van der Waals surface area contributed by atoms with Crippen LogP contribution in [0.4, 0.5) is 5.95 Å². The average Bonchev–Trinajstić information content (AvgIpc) is 2.58. The van der Waals surface area contributed by atoms with E-state index in [4.69, 9.17) is 15.2 Å². The van der Waals surface area contributed by atoms with Gasteiger partial charge in [0.15, 0.2) is 0 Å². The van der Waals surface area contributed by atoms with E-state index in [2.05, 4.69) is 9.97 Å². The van der Waals surface area contributed by atoms with Crippen molar-refractivity contribution in [1.29, 1.82) is 0 Å². The van der Waals surface area contributed by atoms with E-state index in [0.29, 0.717) is 48.1 Å². The molecular weight excluding hydrogens is 320 g/mol. The number of carbonyl (C=O) groups is 1. The third-order valence-electron chi connectivity index (χ3n) is 3.56. The second-order valence-corrected chi connectivity index (χ2v) is 5.63. The molecule has 1 heterocycles. The van der Waals surface area contributed by atoms with Crippen LogP contribution in [-0.2, 0) is 4.74 Å². The van der Waals surface area contributed by atoms with Crippen LogP contribution in [0.25, 0.3) is 11.3 Å². The van der Waals surface area contributed by atoms with Crippen LogP contribution >= 0.6 is 0 Å². The molecule has 7 heteroatoms. The van der Waals surface area contributed by atoms with Gasteiger partial charge in [-0.15, -0.1) is 0 Å². The summed E-state index contributed by atoms with van der Waals surface area (Å²) in [6.45, 7) is 5.20. The number of ether oxygens (including phenoxy) is 2. The van der Waals surface area contributed by atoms with Crippen molar-refractivity contribution in [1.82, 2.24) is 14.9 Å². The highest BCUT2D eigenvalue weighted by atomic mass is 16.5. The molecule has 2 rings (SSSR count). The van der Waals surface area contributed by atoms with Gasteiger partial charge in [-0.3, -0.25) is 4.79 Å². The first-order chi connectivity index (χ1) is 12.0. The number of nitrogens with two attached hydrogens (primary N) is 1. The molecule has 1 aromatic heterocycles. The maximum absolute atomic E-state index is 12.6. The van der Waals surface area contributed by atoms with Crippen molar-refractivity contribution in [2.75, 3.05) is 39.6 Å². The quantitative estimate of drug-likeness (QED) is 0.774. The highest BCUT2D eigenvalue weighted by Gasteiger charge is 2.22. The summed E-state index contributed by atoms with van der Waals surface area (Å²) in [5.41, 5.74) is 7.94. The van der Waals surface area contributed by atoms with Gasteiger partial charge in [-0.2, -0.15) is 0 Å². The lowest BCUT2D eigenvalue weighted by atomic mass is 10.0. The van der Waals surface area contributed by atoms with E-state index in [9.17, 15) is 4.79 Å². The standard InChI is InChI=1S/C18H24N4O3/c1-5-24-10-11-25-14-9-7-6-8-13(14)16-15(17(23)22(3)4)12(2)20-18(19)21-16/h6-9H,5,10-11H2,1-4H3,(H2,19,20,21). The van der Waals surface area contributed by atoms with E-state index in [1.165, 1.54) is 4.90 Å². The molecule has 0 saturated heterocycles. The molecule has 0 atom stereocenters. The summed E-state index contributed by atoms with van der Waals surface area (Å²) >= 11 is 0. The van der Waals surface area contributed by atoms with Crippen LogP contribution in [0.1, 0.15) is 23.0 Å². The van der Waals surface area contributed by atoms with Gasteiger partial charge in [0.05, 0.1) is 23.6 Å². The van der Waals surface area contributed by atoms with Gasteiger partial charge in [0.2, 0.25) is 5.95 Å². The molecule has 1 aromatic carbocycles. The van der Waals surface area contributed by atoms with Gasteiger partial charge in [0.1, 0.15) is 12.4 Å². The number of amides is 1. The van der Waals surface area contributed by atoms with Gasteiger partial charge in [-0.05, 0) is 26.0 Å². The molecule has 0 saturated carbocycles. The summed E-state index contributed by atoms with van der Waals surface area (Å²) in [5, 5.41) is 0. The highest BCUT2D eigenvalue weighted by molar-refractivity contribution is 6.01. The first-order valence-electron chi connectivity index (χ1n) is 8.11. The van der Waals surface area contributed by atoms with Crippen LogP contribution in [0.2, 0.25) is 0 Å². The Balaban J connectivity index is 2.49. The monoisotopic (exact) mass is 344 g/mol. The lowest BCUT2D eigenvalue weighted by Gasteiger charge is -2.17. The minimum Gasteiger partial charge on any atom is -0.490 e. The number of benzene rings is 1. The van der Waals surface area contributed by atoms with E-state index in [0.717, 1.165) is 0 Å². The summed E-state index contributed by atoms with van der Waals surface area (Å²) in [7, 11) is 3.37. The normalized spacial score (nSPS) is 10.6. The van der Waals surface area contributed by atoms with Crippen molar-refractivity contribution in [2.24, 2.45) is 0 Å². The first-order valence-corrected chi connectivity index (χ1v) is 8.11. The number of para-hydroxylation sites is 1. The summed E-state index contributed by atoms with van der Waals surface area (Å²) in [6, 6.07) is 7.41. The minimum absolute atomic E-state index is 0.118. The van der Waals surface area contributed by atoms with Crippen molar-refractivity contribution in [3.8, 4) is 17.0 Å². The Morgan fingerprint density at radius 3 is 2.60 bits per heavy atom. The first kappa shape index (κ1) is 18.7. The Bertz CT molecular complexity index is 747. The molecule has 134 valence electrons. The summed E-state index contributed by atoms with van der Waals surface area (Å²) in [4.78, 5) is 22.6. The molecule has 0 unspecified atom stereocenters. The third kappa shape index (κ3) is 4.45. The number of aromatic nitrogens is 2. The minimum atomic E-state index is -0.184. The van der Waals surface area contributed by atoms with Crippen molar-refractivity contribution in [3.05, 3.63) is 35.5 Å². The van der Waals surface area contributed by atoms with Gasteiger partial charge >= 0.3 is 0 Å². The van der Waals surface area contributed by atoms with Crippen LogP contribution in [0.3, 0.4) is 0 Å². The van der Waals surface area contributed by atoms with Crippen LogP contribution in [-0.4, -0.2) is 54.7 Å². The molecule has 0 fully saturated rings. The fraction of sp³-hybridized carbons (Fsp3) is 0.389. The Kier molecular flexibility index (Phi) is 6.30. The van der Waals surface area contributed by atoms with Gasteiger partial charge in [0, 0.05) is 26.3 Å². The number of aryl methyl sites for hydroxylation is 1. The average molecular weight is 344 g/mol. The third-order valence-corrected chi connectivity index (χ3v) is 3.56. The molecule has 2 N–H and O–H groups in total. The molecule has 25 heavy (non-hydrogen) atoms. The Morgan fingerprint density at radius 2 is 1.92 bits per heavy atom. The highest BCUT2D eigenvalue weighted by Crippen LogP contribution is 2.32. The molecule has 0 bridgehead atoms. The van der Waals surface area contributed by atoms with E-state index in [1.54, 1.807) is 21.0 Å². The second-order valence-electron chi connectivity index (χ2n) is 5.63. The number of carbonyl (C=O) groups excluding carboxylic acids is 1. The van der Waals surface area contributed by atoms with Crippen LogP contribution in [0.5, 0.6) is 5.75 Å². The van der Waals surface area contributed by atoms with Crippen LogP contribution in [0.15, 0.2) is 24.3 Å².